The average molecular weight is 257 g/mol. The first-order valence-corrected chi connectivity index (χ1v) is 6.62. The molecule has 0 saturated heterocycles. The summed E-state index contributed by atoms with van der Waals surface area (Å²) in [6.07, 6.45) is 2.13. The molecule has 0 aliphatic heterocycles. The number of hydrogen-bond acceptors (Lipinski definition) is 2. The number of hydrogen-bond donors (Lipinski definition) is 2. The number of amides is 1. The van der Waals surface area contributed by atoms with E-state index in [1.807, 2.05) is 25.1 Å². The molecule has 1 amide bonds. The van der Waals surface area contributed by atoms with Crippen LogP contribution in [0, 0.1) is 24.7 Å². The van der Waals surface area contributed by atoms with Gasteiger partial charge in [0.05, 0.1) is 0 Å². The summed E-state index contributed by atoms with van der Waals surface area (Å²) in [4.78, 5) is 12.2. The summed E-state index contributed by atoms with van der Waals surface area (Å²) in [5, 5.41) is 11.8. The highest BCUT2D eigenvalue weighted by Crippen LogP contribution is 2.26. The first-order chi connectivity index (χ1) is 9.11. The third-order valence-electron chi connectivity index (χ3n) is 3.59. The Labute approximate surface area is 114 Å². The minimum absolute atomic E-state index is 0.0259. The molecule has 0 bridgehead atoms. The van der Waals surface area contributed by atoms with E-state index >= 15 is 0 Å². The van der Waals surface area contributed by atoms with E-state index in [0.717, 1.165) is 24.0 Å². The first kappa shape index (κ1) is 13.6. The van der Waals surface area contributed by atoms with Gasteiger partial charge in [0.25, 0.3) is 5.91 Å². The Morgan fingerprint density at radius 3 is 2.84 bits per heavy atom. The summed E-state index contributed by atoms with van der Waals surface area (Å²) in [5.74, 6) is 6.17. The highest BCUT2D eigenvalue weighted by molar-refractivity contribution is 5.96. The number of carbonyl (C=O) groups is 1. The third kappa shape index (κ3) is 3.15. The van der Waals surface area contributed by atoms with Crippen molar-refractivity contribution in [1.29, 1.82) is 0 Å². The zero-order valence-electron chi connectivity index (χ0n) is 11.4. The molecule has 0 spiro atoms. The largest absolute Gasteiger partial charge is 0.384 e. The topological polar surface area (TPSA) is 49.3 Å². The maximum absolute atomic E-state index is 12.2. The summed E-state index contributed by atoms with van der Waals surface area (Å²) in [5.41, 5.74) is 2.33. The van der Waals surface area contributed by atoms with Gasteiger partial charge < -0.3 is 10.4 Å². The lowest BCUT2D eigenvalue weighted by Crippen LogP contribution is -2.43. The fourth-order valence-corrected chi connectivity index (χ4v) is 2.44. The van der Waals surface area contributed by atoms with Gasteiger partial charge in [0.1, 0.15) is 6.61 Å². The molecule has 0 radical (unpaired) electrons. The van der Waals surface area contributed by atoms with E-state index in [4.69, 9.17) is 5.11 Å². The molecule has 0 aromatic heterocycles. The van der Waals surface area contributed by atoms with Gasteiger partial charge in [-0.3, -0.25) is 4.79 Å². The second kappa shape index (κ2) is 5.90. The highest BCUT2D eigenvalue weighted by atomic mass is 16.2. The van der Waals surface area contributed by atoms with E-state index in [9.17, 15) is 4.79 Å². The second-order valence-electron chi connectivity index (χ2n) is 5.18. The van der Waals surface area contributed by atoms with Gasteiger partial charge in [0.15, 0.2) is 0 Å². The number of aliphatic hydroxyl groups is 1. The molecule has 1 aliphatic carbocycles. The Morgan fingerprint density at radius 2 is 2.21 bits per heavy atom. The van der Waals surface area contributed by atoms with Gasteiger partial charge in [-0.2, -0.15) is 0 Å². The van der Waals surface area contributed by atoms with Crippen molar-refractivity contribution < 1.29 is 9.90 Å². The molecule has 1 aliphatic rings. The van der Waals surface area contributed by atoms with Crippen molar-refractivity contribution in [1.82, 2.24) is 5.32 Å². The molecule has 0 heterocycles. The van der Waals surface area contributed by atoms with E-state index < -0.39 is 0 Å². The van der Waals surface area contributed by atoms with Crippen molar-refractivity contribution in [3.8, 4) is 11.8 Å². The van der Waals surface area contributed by atoms with Crippen LogP contribution < -0.4 is 5.32 Å². The lowest BCUT2D eigenvalue weighted by Gasteiger charge is -2.33. The van der Waals surface area contributed by atoms with Crippen LogP contribution in [0.5, 0.6) is 0 Å². The molecule has 1 fully saturated rings. The monoisotopic (exact) mass is 257 g/mol. The van der Waals surface area contributed by atoms with Gasteiger partial charge in [-0.25, -0.2) is 0 Å². The van der Waals surface area contributed by atoms with Gasteiger partial charge in [-0.05, 0) is 43.4 Å². The van der Waals surface area contributed by atoms with Crippen LogP contribution in [-0.4, -0.2) is 23.7 Å². The van der Waals surface area contributed by atoms with Gasteiger partial charge in [-0.1, -0.05) is 24.8 Å². The SMILES string of the molecule is Cc1c(C#CCO)cccc1C(=O)NC1CC(C)C1. The molecule has 100 valence electrons. The van der Waals surface area contributed by atoms with Crippen molar-refractivity contribution in [2.24, 2.45) is 5.92 Å². The van der Waals surface area contributed by atoms with Crippen LogP contribution >= 0.6 is 0 Å². The molecule has 2 rings (SSSR count). The third-order valence-corrected chi connectivity index (χ3v) is 3.59. The van der Waals surface area contributed by atoms with Crippen LogP contribution in [0.15, 0.2) is 18.2 Å². The Bertz CT molecular complexity index is 533. The van der Waals surface area contributed by atoms with Crippen molar-refractivity contribution in [3.05, 3.63) is 34.9 Å². The van der Waals surface area contributed by atoms with E-state index in [1.165, 1.54) is 0 Å². The Balaban J connectivity index is 2.13. The molecule has 1 aromatic carbocycles. The summed E-state index contributed by atoms with van der Waals surface area (Å²) >= 11 is 0. The Kier molecular flexibility index (Phi) is 4.24. The molecule has 1 saturated carbocycles. The van der Waals surface area contributed by atoms with Crippen LogP contribution in [0.1, 0.15) is 41.3 Å². The summed E-state index contributed by atoms with van der Waals surface area (Å²) in [7, 11) is 0. The molecule has 1 aromatic rings. The lowest BCUT2D eigenvalue weighted by atomic mass is 9.82. The average Bonchev–Trinajstić information content (AvgIpc) is 2.35. The van der Waals surface area contributed by atoms with Crippen molar-refractivity contribution in [2.45, 2.75) is 32.7 Å². The molecule has 19 heavy (non-hydrogen) atoms. The summed E-state index contributed by atoms with van der Waals surface area (Å²) in [6, 6.07) is 5.82. The maximum atomic E-state index is 12.2. The van der Waals surface area contributed by atoms with E-state index in [-0.39, 0.29) is 12.5 Å². The standard InChI is InChI=1S/C16H19NO2/c1-11-9-14(10-11)17-16(19)15-7-3-5-13(12(15)2)6-4-8-18/h3,5,7,11,14,18H,8-10H2,1-2H3,(H,17,19). The van der Waals surface area contributed by atoms with E-state index in [1.54, 1.807) is 0 Å². The summed E-state index contributed by atoms with van der Waals surface area (Å²) < 4.78 is 0. The van der Waals surface area contributed by atoms with Crippen molar-refractivity contribution in [2.75, 3.05) is 6.61 Å². The minimum Gasteiger partial charge on any atom is -0.384 e. The van der Waals surface area contributed by atoms with Crippen LogP contribution in [0.3, 0.4) is 0 Å². The van der Waals surface area contributed by atoms with Crippen LogP contribution in [-0.2, 0) is 0 Å². The van der Waals surface area contributed by atoms with Gasteiger partial charge in [-0.15, -0.1) is 0 Å². The molecule has 0 unspecified atom stereocenters. The molecule has 3 heteroatoms. The second-order valence-corrected chi connectivity index (χ2v) is 5.18. The molecule has 0 atom stereocenters. The lowest BCUT2D eigenvalue weighted by molar-refractivity contribution is 0.0895. The fraction of sp³-hybridized carbons (Fsp3) is 0.438. The predicted molar refractivity (Wildman–Crippen MR) is 74.8 cm³/mol. The quantitative estimate of drug-likeness (QED) is 0.795. The van der Waals surface area contributed by atoms with E-state index in [0.29, 0.717) is 17.5 Å². The van der Waals surface area contributed by atoms with Crippen LogP contribution in [0.25, 0.3) is 0 Å². The Hall–Kier alpha value is -1.79. The van der Waals surface area contributed by atoms with Gasteiger partial charge in [0.2, 0.25) is 0 Å². The molecule has 2 N–H and O–H groups in total. The predicted octanol–water partition coefficient (Wildman–Crippen LogP) is 1.87. The van der Waals surface area contributed by atoms with Crippen molar-refractivity contribution >= 4 is 5.91 Å². The van der Waals surface area contributed by atoms with Gasteiger partial charge in [0, 0.05) is 17.2 Å². The van der Waals surface area contributed by atoms with Crippen molar-refractivity contribution in [3.63, 3.8) is 0 Å². The highest BCUT2D eigenvalue weighted by Gasteiger charge is 2.27. The molecule has 3 nitrogen and oxygen atoms in total. The van der Waals surface area contributed by atoms with Gasteiger partial charge >= 0.3 is 0 Å². The zero-order valence-corrected chi connectivity index (χ0v) is 11.4. The smallest absolute Gasteiger partial charge is 0.251 e. The zero-order chi connectivity index (χ0) is 13.8. The molecular formula is C16H19NO2. The maximum Gasteiger partial charge on any atom is 0.251 e. The Morgan fingerprint density at radius 1 is 1.47 bits per heavy atom. The van der Waals surface area contributed by atoms with Crippen LogP contribution in [0.4, 0.5) is 0 Å². The first-order valence-electron chi connectivity index (χ1n) is 6.62. The fourth-order valence-electron chi connectivity index (χ4n) is 2.44. The number of benzene rings is 1. The number of aliphatic hydroxyl groups excluding tert-OH is 1. The van der Waals surface area contributed by atoms with Crippen LogP contribution in [0.2, 0.25) is 0 Å². The number of rotatable bonds is 2. The number of carbonyl (C=O) groups excluding carboxylic acids is 1. The minimum atomic E-state index is -0.171. The normalized spacial score (nSPS) is 21.0. The summed E-state index contributed by atoms with van der Waals surface area (Å²) in [6.45, 7) is 3.91. The van der Waals surface area contributed by atoms with E-state index in [2.05, 4.69) is 24.1 Å². The molecular weight excluding hydrogens is 238 g/mol. The number of nitrogens with one attached hydrogen (secondary N) is 1.